The number of allylic oxidation sites excluding steroid dienone is 3. The number of hydrogen-bond donors (Lipinski definition) is 1. The molecule has 178 valence electrons. The van der Waals surface area contributed by atoms with Gasteiger partial charge < -0.3 is 15.0 Å². The topological polar surface area (TPSA) is 75.7 Å². The number of carbonyl (C=O) groups excluding carboxylic acids is 3. The molecule has 0 aromatic heterocycles. The van der Waals surface area contributed by atoms with Crippen LogP contribution in [0.15, 0.2) is 59.5 Å². The molecule has 0 bridgehead atoms. The predicted octanol–water partition coefficient (Wildman–Crippen LogP) is 4.04. The van der Waals surface area contributed by atoms with Crippen LogP contribution in [0.3, 0.4) is 0 Å². The summed E-state index contributed by atoms with van der Waals surface area (Å²) in [6.07, 6.45) is 8.49. The normalized spacial score (nSPS) is 23.6. The molecule has 1 unspecified atom stereocenters. The first-order valence-electron chi connectivity index (χ1n) is 12.3. The maximum atomic E-state index is 12.9. The molecule has 0 radical (unpaired) electrons. The number of carbonyl (C=O) groups is 3. The van der Waals surface area contributed by atoms with Crippen LogP contribution in [0.1, 0.15) is 68.9 Å². The van der Waals surface area contributed by atoms with Gasteiger partial charge in [0.15, 0.2) is 12.4 Å². The van der Waals surface area contributed by atoms with Gasteiger partial charge in [-0.15, -0.1) is 0 Å². The van der Waals surface area contributed by atoms with Crippen molar-refractivity contribution in [3.8, 4) is 0 Å². The standard InChI is InChI=1S/C28H32N2O4/c1-18-15-26(29-27(33)22-9-4-3-7-20(18)22)30-13-11-28(12-14-30)16-23(25(32)17-34-19(2)31)21-8-5-6-10-24(21)28/h5-6,8,10,15,23H,1,3-4,7,9,11-14,16-17H2,2H3,(H,29,33). The number of nitrogens with zero attached hydrogens (tertiary/aromatic N) is 1. The first kappa shape index (κ1) is 22.6. The molecule has 2 heterocycles. The molecule has 34 heavy (non-hydrogen) atoms. The van der Waals surface area contributed by atoms with Gasteiger partial charge in [0.1, 0.15) is 5.82 Å². The Hall–Kier alpha value is -3.15. The number of Topliss-reactive ketones (excluding diaryl/α,β-unsaturated/α-hetero) is 1. The van der Waals surface area contributed by atoms with Gasteiger partial charge in [-0.05, 0) is 78.7 Å². The third-order valence-electron chi connectivity index (χ3n) is 8.05. The molecule has 6 heteroatoms. The largest absolute Gasteiger partial charge is 0.458 e. The van der Waals surface area contributed by atoms with Gasteiger partial charge in [0.25, 0.3) is 5.91 Å². The highest BCUT2D eigenvalue weighted by Crippen LogP contribution is 2.52. The maximum absolute atomic E-state index is 12.9. The van der Waals surface area contributed by atoms with Gasteiger partial charge in [0.05, 0.1) is 0 Å². The number of rotatable bonds is 4. The van der Waals surface area contributed by atoms with Crippen LogP contribution in [0.5, 0.6) is 0 Å². The Labute approximate surface area is 200 Å². The van der Waals surface area contributed by atoms with Crippen molar-refractivity contribution in [2.45, 2.75) is 63.2 Å². The van der Waals surface area contributed by atoms with E-state index in [2.05, 4.69) is 22.9 Å². The fourth-order valence-corrected chi connectivity index (χ4v) is 6.26. The summed E-state index contributed by atoms with van der Waals surface area (Å²) in [5.41, 5.74) is 5.20. The Kier molecular flexibility index (Phi) is 5.92. The van der Waals surface area contributed by atoms with Crippen LogP contribution >= 0.6 is 0 Å². The molecule has 1 amide bonds. The average Bonchev–Trinajstić information content (AvgIpc) is 3.09. The molecule has 2 aliphatic heterocycles. The lowest BCUT2D eigenvalue weighted by Crippen LogP contribution is -2.45. The number of esters is 1. The highest BCUT2D eigenvalue weighted by Gasteiger charge is 2.47. The molecule has 2 aliphatic carbocycles. The summed E-state index contributed by atoms with van der Waals surface area (Å²) in [6, 6.07) is 8.21. The second-order valence-corrected chi connectivity index (χ2v) is 10.0. The van der Waals surface area contributed by atoms with Crippen LogP contribution in [0.4, 0.5) is 0 Å². The number of amides is 1. The average molecular weight is 461 g/mol. The first-order valence-corrected chi connectivity index (χ1v) is 12.3. The molecule has 1 N–H and O–H groups in total. The van der Waals surface area contributed by atoms with Gasteiger partial charge >= 0.3 is 5.97 Å². The zero-order valence-electron chi connectivity index (χ0n) is 19.8. The van der Waals surface area contributed by atoms with Crippen molar-refractivity contribution in [1.82, 2.24) is 10.2 Å². The summed E-state index contributed by atoms with van der Waals surface area (Å²) >= 11 is 0. The zero-order chi connectivity index (χ0) is 23.9. The lowest BCUT2D eigenvalue weighted by molar-refractivity contribution is -0.146. The van der Waals surface area contributed by atoms with Crippen LogP contribution in [-0.4, -0.2) is 42.3 Å². The second kappa shape index (κ2) is 8.90. The first-order chi connectivity index (χ1) is 16.4. The molecule has 1 atom stereocenters. The van der Waals surface area contributed by atoms with E-state index >= 15 is 0 Å². The number of nitrogens with one attached hydrogen (secondary N) is 1. The molecule has 0 saturated carbocycles. The van der Waals surface area contributed by atoms with Crippen molar-refractivity contribution in [2.75, 3.05) is 19.7 Å². The molecular weight excluding hydrogens is 428 g/mol. The Morgan fingerprint density at radius 1 is 1.15 bits per heavy atom. The lowest BCUT2D eigenvalue weighted by atomic mass is 9.73. The van der Waals surface area contributed by atoms with Gasteiger partial charge in [-0.3, -0.25) is 14.4 Å². The van der Waals surface area contributed by atoms with E-state index < -0.39 is 5.97 Å². The summed E-state index contributed by atoms with van der Waals surface area (Å²) in [6.45, 7) is 7.02. The van der Waals surface area contributed by atoms with Crippen molar-refractivity contribution >= 4 is 17.7 Å². The fraction of sp³-hybridized carbons (Fsp3) is 0.464. The molecule has 1 spiro atoms. The Bertz CT molecular complexity index is 1120. The summed E-state index contributed by atoms with van der Waals surface area (Å²) in [7, 11) is 0. The van der Waals surface area contributed by atoms with E-state index in [1.54, 1.807) is 0 Å². The van der Waals surface area contributed by atoms with E-state index in [0.717, 1.165) is 86.1 Å². The van der Waals surface area contributed by atoms with Crippen molar-refractivity contribution in [3.63, 3.8) is 0 Å². The summed E-state index contributed by atoms with van der Waals surface area (Å²) in [5, 5.41) is 3.16. The predicted molar refractivity (Wildman–Crippen MR) is 129 cm³/mol. The fourth-order valence-electron chi connectivity index (χ4n) is 6.26. The molecule has 4 aliphatic rings. The van der Waals surface area contributed by atoms with E-state index in [-0.39, 0.29) is 29.6 Å². The number of fused-ring (bicyclic) bond motifs is 2. The van der Waals surface area contributed by atoms with E-state index in [4.69, 9.17) is 4.74 Å². The second-order valence-electron chi connectivity index (χ2n) is 10.0. The van der Waals surface area contributed by atoms with E-state index in [1.165, 1.54) is 12.5 Å². The number of ether oxygens (including phenoxy) is 1. The third kappa shape index (κ3) is 3.99. The molecule has 1 aromatic carbocycles. The van der Waals surface area contributed by atoms with Crippen LogP contribution in [0, 0.1) is 0 Å². The zero-order valence-corrected chi connectivity index (χ0v) is 19.8. The number of piperidine rings is 1. The Morgan fingerprint density at radius 2 is 1.85 bits per heavy atom. The molecule has 1 fully saturated rings. The minimum absolute atomic E-state index is 0.0160. The molecule has 1 aromatic rings. The van der Waals surface area contributed by atoms with Crippen LogP contribution in [0.25, 0.3) is 0 Å². The third-order valence-corrected chi connectivity index (χ3v) is 8.05. The Balaban J connectivity index is 1.33. The van der Waals surface area contributed by atoms with Gasteiger partial charge in [-0.1, -0.05) is 30.8 Å². The quantitative estimate of drug-likeness (QED) is 0.687. The number of hydrogen-bond acceptors (Lipinski definition) is 5. The summed E-state index contributed by atoms with van der Waals surface area (Å²) in [5.74, 6) is 0.151. The van der Waals surface area contributed by atoms with Crippen molar-refractivity contribution in [3.05, 3.63) is 70.6 Å². The van der Waals surface area contributed by atoms with Crippen molar-refractivity contribution in [2.24, 2.45) is 0 Å². The van der Waals surface area contributed by atoms with Crippen LogP contribution in [-0.2, 0) is 24.5 Å². The van der Waals surface area contributed by atoms with Gasteiger partial charge in [0.2, 0.25) is 0 Å². The van der Waals surface area contributed by atoms with E-state index in [0.29, 0.717) is 0 Å². The van der Waals surface area contributed by atoms with E-state index in [9.17, 15) is 14.4 Å². The molecule has 6 nitrogen and oxygen atoms in total. The minimum atomic E-state index is -0.431. The van der Waals surface area contributed by atoms with Gasteiger partial charge in [-0.25, -0.2) is 0 Å². The monoisotopic (exact) mass is 460 g/mol. The lowest BCUT2D eigenvalue weighted by Gasteiger charge is -2.42. The smallest absolute Gasteiger partial charge is 0.303 e. The van der Waals surface area contributed by atoms with Gasteiger partial charge in [0, 0.05) is 31.5 Å². The summed E-state index contributed by atoms with van der Waals surface area (Å²) < 4.78 is 5.02. The van der Waals surface area contributed by atoms with Gasteiger partial charge in [-0.2, -0.15) is 0 Å². The summed E-state index contributed by atoms with van der Waals surface area (Å²) in [4.78, 5) is 39.3. The van der Waals surface area contributed by atoms with Crippen molar-refractivity contribution < 1.29 is 19.1 Å². The number of ketones is 1. The highest BCUT2D eigenvalue weighted by atomic mass is 16.5. The van der Waals surface area contributed by atoms with Crippen molar-refractivity contribution in [1.29, 1.82) is 0 Å². The minimum Gasteiger partial charge on any atom is -0.458 e. The molecule has 5 rings (SSSR count). The highest BCUT2D eigenvalue weighted by molar-refractivity contribution is 5.97. The van der Waals surface area contributed by atoms with Crippen LogP contribution < -0.4 is 5.32 Å². The number of likely N-dealkylation sites (tertiary alicyclic amines) is 1. The number of benzene rings is 1. The molecular formula is C28H32N2O4. The van der Waals surface area contributed by atoms with Crippen LogP contribution in [0.2, 0.25) is 0 Å². The molecule has 1 saturated heterocycles. The SMILES string of the molecule is C=C1C=C(N2CCC3(CC2)CC(C(=O)COC(C)=O)c2ccccc23)NC(=O)C2=C1CCCC2. The Morgan fingerprint density at radius 3 is 2.59 bits per heavy atom. The van der Waals surface area contributed by atoms with E-state index in [1.807, 2.05) is 24.3 Å². The maximum Gasteiger partial charge on any atom is 0.303 e.